The molecular formula is C23H23F3N6O3S. The zero-order valence-corrected chi connectivity index (χ0v) is 19.9. The van der Waals surface area contributed by atoms with Gasteiger partial charge in [0.1, 0.15) is 11.4 Å². The zero-order chi connectivity index (χ0) is 25.9. The van der Waals surface area contributed by atoms with Crippen LogP contribution in [0.5, 0.6) is 0 Å². The average molecular weight is 521 g/mol. The molecule has 0 bridgehead atoms. The fourth-order valence-electron chi connectivity index (χ4n) is 3.65. The Bertz CT molecular complexity index is 1400. The lowest BCUT2D eigenvalue weighted by Crippen LogP contribution is -2.16. The first-order valence-corrected chi connectivity index (χ1v) is 12.6. The smallest absolute Gasteiger partial charge is 0.365 e. The second kappa shape index (κ2) is 10.0. The first-order chi connectivity index (χ1) is 17.0. The van der Waals surface area contributed by atoms with Gasteiger partial charge < -0.3 is 16.0 Å². The molecule has 0 fully saturated rings. The molecule has 1 aliphatic heterocycles. The predicted molar refractivity (Wildman–Crippen MR) is 131 cm³/mol. The zero-order valence-electron chi connectivity index (χ0n) is 19.1. The molecule has 0 saturated carbocycles. The van der Waals surface area contributed by atoms with Gasteiger partial charge in [-0.05, 0) is 47.9 Å². The molecule has 0 atom stereocenters. The standard InChI is InChI=1S/C23H23F3N6O3S/c1-2-8-36(34,35)32-17-5-3-4-14(9-17)12-27-21-18(23(24,25)26)13-28-22(31-21)29-16-6-7-19-15(10-16)11-20(33)30-19/h3-7,9-10,13,32H,2,8,11-12H2,1H3,(H,30,33)(H2,27,28,29,31). The fourth-order valence-corrected chi connectivity index (χ4v) is 4.78. The number of benzene rings is 2. The van der Waals surface area contributed by atoms with E-state index in [0.717, 1.165) is 5.56 Å². The summed E-state index contributed by atoms with van der Waals surface area (Å²) in [4.78, 5) is 19.4. The van der Waals surface area contributed by atoms with E-state index < -0.39 is 27.6 Å². The summed E-state index contributed by atoms with van der Waals surface area (Å²) >= 11 is 0. The van der Waals surface area contributed by atoms with Crippen molar-refractivity contribution in [3.05, 3.63) is 65.4 Å². The SMILES string of the molecule is CCCS(=O)(=O)Nc1cccc(CNc2nc(Nc3ccc4c(c3)CC(=O)N4)ncc2C(F)(F)F)c1. The molecule has 0 radical (unpaired) electrons. The predicted octanol–water partition coefficient (Wildman–Crippen LogP) is 4.50. The molecule has 3 aromatic rings. The van der Waals surface area contributed by atoms with Crippen LogP contribution in [0.1, 0.15) is 30.0 Å². The summed E-state index contributed by atoms with van der Waals surface area (Å²) in [5, 5.41) is 8.25. The minimum absolute atomic E-state index is 0.0435. The van der Waals surface area contributed by atoms with E-state index >= 15 is 0 Å². The van der Waals surface area contributed by atoms with Crippen molar-refractivity contribution >= 4 is 44.8 Å². The summed E-state index contributed by atoms with van der Waals surface area (Å²) < 4.78 is 67.2. The van der Waals surface area contributed by atoms with Gasteiger partial charge in [-0.3, -0.25) is 9.52 Å². The van der Waals surface area contributed by atoms with Gasteiger partial charge in [0.2, 0.25) is 21.9 Å². The number of nitrogens with zero attached hydrogens (tertiary/aromatic N) is 2. The van der Waals surface area contributed by atoms with Gasteiger partial charge in [0.15, 0.2) is 0 Å². The molecule has 0 unspecified atom stereocenters. The Hall–Kier alpha value is -3.87. The van der Waals surface area contributed by atoms with Gasteiger partial charge in [-0.15, -0.1) is 0 Å². The number of halogens is 3. The highest BCUT2D eigenvalue weighted by atomic mass is 32.2. The van der Waals surface area contributed by atoms with Gasteiger partial charge in [0, 0.05) is 29.8 Å². The van der Waals surface area contributed by atoms with E-state index in [0.29, 0.717) is 35.2 Å². The molecule has 1 aliphatic rings. The van der Waals surface area contributed by atoms with Crippen LogP contribution in [0.4, 0.5) is 42.0 Å². The highest BCUT2D eigenvalue weighted by Gasteiger charge is 2.35. The van der Waals surface area contributed by atoms with Crippen molar-refractivity contribution in [2.75, 3.05) is 26.4 Å². The van der Waals surface area contributed by atoms with Crippen LogP contribution in [0.15, 0.2) is 48.7 Å². The number of hydrogen-bond acceptors (Lipinski definition) is 7. The number of anilines is 5. The van der Waals surface area contributed by atoms with Crippen molar-refractivity contribution in [3.8, 4) is 0 Å². The fraction of sp³-hybridized carbons (Fsp3) is 0.261. The van der Waals surface area contributed by atoms with E-state index in [2.05, 4.69) is 30.6 Å². The molecule has 4 rings (SSSR count). The number of sulfonamides is 1. The Morgan fingerprint density at radius 1 is 1.11 bits per heavy atom. The molecule has 190 valence electrons. The lowest BCUT2D eigenvalue weighted by molar-refractivity contribution is -0.137. The summed E-state index contributed by atoms with van der Waals surface area (Å²) in [7, 11) is -3.51. The maximum atomic E-state index is 13.6. The second-order valence-corrected chi connectivity index (χ2v) is 9.99. The number of nitrogens with one attached hydrogen (secondary N) is 4. The van der Waals surface area contributed by atoms with E-state index in [-0.39, 0.29) is 30.6 Å². The maximum absolute atomic E-state index is 13.6. The molecule has 4 N–H and O–H groups in total. The molecule has 36 heavy (non-hydrogen) atoms. The van der Waals surface area contributed by atoms with Crippen molar-refractivity contribution in [1.82, 2.24) is 9.97 Å². The van der Waals surface area contributed by atoms with Crippen LogP contribution in [0.2, 0.25) is 0 Å². The van der Waals surface area contributed by atoms with E-state index in [4.69, 9.17) is 0 Å². The summed E-state index contributed by atoms with van der Waals surface area (Å²) in [5.41, 5.74) is 1.77. The Balaban J connectivity index is 1.53. The third kappa shape index (κ3) is 6.22. The van der Waals surface area contributed by atoms with Crippen molar-refractivity contribution in [2.24, 2.45) is 0 Å². The third-order valence-electron chi connectivity index (χ3n) is 5.21. The number of rotatable bonds is 9. The number of aromatic nitrogens is 2. The number of carbonyl (C=O) groups excluding carboxylic acids is 1. The normalized spacial score (nSPS) is 13.2. The van der Waals surface area contributed by atoms with Crippen LogP contribution >= 0.6 is 0 Å². The Kier molecular flexibility index (Phi) is 7.02. The Labute approximate surface area is 205 Å². The van der Waals surface area contributed by atoms with Crippen molar-refractivity contribution in [2.45, 2.75) is 32.5 Å². The first-order valence-electron chi connectivity index (χ1n) is 11.0. The monoisotopic (exact) mass is 520 g/mol. The minimum Gasteiger partial charge on any atom is -0.365 e. The Morgan fingerprint density at radius 3 is 2.67 bits per heavy atom. The summed E-state index contributed by atoms with van der Waals surface area (Å²) in [6.07, 6.45) is -3.36. The highest BCUT2D eigenvalue weighted by molar-refractivity contribution is 7.92. The van der Waals surface area contributed by atoms with Gasteiger partial charge >= 0.3 is 6.18 Å². The van der Waals surface area contributed by atoms with E-state index in [1.165, 1.54) is 6.07 Å². The molecule has 0 aliphatic carbocycles. The number of amides is 1. The highest BCUT2D eigenvalue weighted by Crippen LogP contribution is 2.35. The van der Waals surface area contributed by atoms with E-state index in [1.807, 2.05) is 0 Å². The molecule has 13 heteroatoms. The van der Waals surface area contributed by atoms with Crippen molar-refractivity contribution in [3.63, 3.8) is 0 Å². The van der Waals surface area contributed by atoms with Gasteiger partial charge in [-0.2, -0.15) is 18.2 Å². The third-order valence-corrected chi connectivity index (χ3v) is 6.71. The number of alkyl halides is 3. The van der Waals surface area contributed by atoms with Crippen LogP contribution in [0, 0.1) is 0 Å². The van der Waals surface area contributed by atoms with Crippen LogP contribution in [-0.4, -0.2) is 30.0 Å². The van der Waals surface area contributed by atoms with Gasteiger partial charge in [0.25, 0.3) is 0 Å². The summed E-state index contributed by atoms with van der Waals surface area (Å²) in [6, 6.07) is 11.4. The molecule has 1 aromatic heterocycles. The molecule has 9 nitrogen and oxygen atoms in total. The summed E-state index contributed by atoms with van der Waals surface area (Å²) in [5.74, 6) is -0.682. The topological polar surface area (TPSA) is 125 Å². The van der Waals surface area contributed by atoms with Crippen LogP contribution in [-0.2, 0) is 34.0 Å². The molecule has 2 aromatic carbocycles. The lowest BCUT2D eigenvalue weighted by atomic mass is 10.1. The molecule has 0 saturated heterocycles. The van der Waals surface area contributed by atoms with Crippen LogP contribution < -0.4 is 20.7 Å². The quantitative estimate of drug-likeness (QED) is 0.327. The van der Waals surface area contributed by atoms with E-state index in [9.17, 15) is 26.4 Å². The maximum Gasteiger partial charge on any atom is 0.421 e. The lowest BCUT2D eigenvalue weighted by Gasteiger charge is -2.15. The molecule has 1 amide bonds. The van der Waals surface area contributed by atoms with Gasteiger partial charge in [-0.25, -0.2) is 13.4 Å². The average Bonchev–Trinajstić information content (AvgIpc) is 3.16. The Morgan fingerprint density at radius 2 is 1.92 bits per heavy atom. The van der Waals surface area contributed by atoms with Gasteiger partial charge in [0.05, 0.1) is 12.2 Å². The van der Waals surface area contributed by atoms with Crippen LogP contribution in [0.3, 0.4) is 0 Å². The molecule has 0 spiro atoms. The number of fused-ring (bicyclic) bond motifs is 1. The number of carbonyl (C=O) groups is 1. The summed E-state index contributed by atoms with van der Waals surface area (Å²) in [6.45, 7) is 1.70. The molecule has 2 heterocycles. The molecular weight excluding hydrogens is 497 g/mol. The van der Waals surface area contributed by atoms with Crippen LogP contribution in [0.25, 0.3) is 0 Å². The largest absolute Gasteiger partial charge is 0.421 e. The van der Waals surface area contributed by atoms with E-state index in [1.54, 1.807) is 43.3 Å². The van der Waals surface area contributed by atoms with Gasteiger partial charge in [-0.1, -0.05) is 19.1 Å². The van der Waals surface area contributed by atoms with Crippen molar-refractivity contribution < 1.29 is 26.4 Å². The number of hydrogen-bond donors (Lipinski definition) is 4. The van der Waals surface area contributed by atoms with Crippen molar-refractivity contribution in [1.29, 1.82) is 0 Å². The minimum atomic E-state index is -4.70. The first kappa shape index (κ1) is 25.2. The second-order valence-electron chi connectivity index (χ2n) is 8.15.